The number of nitrogens with one attached hydrogen (secondary N) is 1. The highest BCUT2D eigenvalue weighted by molar-refractivity contribution is 7.89. The van der Waals surface area contributed by atoms with Gasteiger partial charge >= 0.3 is 6.09 Å². The van der Waals surface area contributed by atoms with E-state index in [0.717, 1.165) is 0 Å². The minimum absolute atomic E-state index is 0.00384. The Labute approximate surface area is 151 Å². The zero-order chi connectivity index (χ0) is 18.4. The second-order valence-corrected chi connectivity index (χ2v) is 7.78. The van der Waals surface area contributed by atoms with Crippen LogP contribution in [0, 0.1) is 0 Å². The molecule has 1 aromatic rings. The van der Waals surface area contributed by atoms with Crippen LogP contribution in [-0.4, -0.2) is 69.0 Å². The van der Waals surface area contributed by atoms with Crippen LogP contribution >= 0.6 is 11.6 Å². The number of halogens is 1. The van der Waals surface area contributed by atoms with Crippen LogP contribution in [0.2, 0.25) is 5.02 Å². The van der Waals surface area contributed by atoms with E-state index in [0.29, 0.717) is 18.1 Å². The fraction of sp³-hybridized carbons (Fsp3) is 0.467. The Morgan fingerprint density at radius 1 is 1.24 bits per heavy atom. The molecule has 1 aliphatic rings. The maximum Gasteiger partial charge on any atom is 0.413 e. The molecular formula is C15H20ClN3O5S. The first-order valence-electron chi connectivity index (χ1n) is 7.77. The molecule has 8 nitrogen and oxygen atoms in total. The predicted octanol–water partition coefficient (Wildman–Crippen LogP) is 0.919. The molecule has 1 heterocycles. The van der Waals surface area contributed by atoms with Gasteiger partial charge in [-0.2, -0.15) is 4.31 Å². The van der Waals surface area contributed by atoms with E-state index in [1.165, 1.54) is 16.4 Å². The number of rotatable bonds is 5. The SMILES string of the molecule is CCOC(=O)NC(=O)CN1CCN(S(=O)(=O)c2cccc(Cl)c2)CC1. The molecule has 0 saturated carbocycles. The van der Waals surface area contributed by atoms with Crippen LogP contribution in [0.3, 0.4) is 0 Å². The smallest absolute Gasteiger partial charge is 0.413 e. The van der Waals surface area contributed by atoms with Crippen molar-refractivity contribution in [2.75, 3.05) is 39.3 Å². The summed E-state index contributed by atoms with van der Waals surface area (Å²) in [6.45, 7) is 3.10. The average Bonchev–Trinajstić information content (AvgIpc) is 2.55. The van der Waals surface area contributed by atoms with E-state index in [2.05, 4.69) is 10.1 Å². The van der Waals surface area contributed by atoms with E-state index in [-0.39, 0.29) is 31.1 Å². The van der Waals surface area contributed by atoms with E-state index in [1.54, 1.807) is 24.0 Å². The number of amides is 2. The summed E-state index contributed by atoms with van der Waals surface area (Å²) in [6.07, 6.45) is -0.783. The lowest BCUT2D eigenvalue weighted by molar-refractivity contribution is -0.121. The number of imide groups is 1. The third-order valence-electron chi connectivity index (χ3n) is 3.65. The molecular weight excluding hydrogens is 370 g/mol. The van der Waals surface area contributed by atoms with Crippen LogP contribution in [0.5, 0.6) is 0 Å². The number of carbonyl (C=O) groups is 2. The lowest BCUT2D eigenvalue weighted by Gasteiger charge is -2.33. The van der Waals surface area contributed by atoms with Crippen LogP contribution in [0.1, 0.15) is 6.92 Å². The van der Waals surface area contributed by atoms with E-state index in [1.807, 2.05) is 0 Å². The van der Waals surface area contributed by atoms with Crippen molar-refractivity contribution in [3.63, 3.8) is 0 Å². The van der Waals surface area contributed by atoms with Gasteiger partial charge in [0.2, 0.25) is 15.9 Å². The topological polar surface area (TPSA) is 96.0 Å². The van der Waals surface area contributed by atoms with Crippen LogP contribution in [-0.2, 0) is 19.6 Å². The molecule has 1 aliphatic heterocycles. The van der Waals surface area contributed by atoms with Gasteiger partial charge in [-0.25, -0.2) is 13.2 Å². The average molecular weight is 390 g/mol. The third kappa shape index (κ3) is 5.40. The lowest BCUT2D eigenvalue weighted by Crippen LogP contribution is -2.51. The molecule has 1 saturated heterocycles. The van der Waals surface area contributed by atoms with Gasteiger partial charge in [0, 0.05) is 31.2 Å². The van der Waals surface area contributed by atoms with Gasteiger partial charge in [-0.15, -0.1) is 0 Å². The van der Waals surface area contributed by atoms with Crippen molar-refractivity contribution in [3.05, 3.63) is 29.3 Å². The minimum Gasteiger partial charge on any atom is -0.450 e. The van der Waals surface area contributed by atoms with Crippen molar-refractivity contribution in [1.82, 2.24) is 14.5 Å². The predicted molar refractivity (Wildman–Crippen MR) is 91.8 cm³/mol. The van der Waals surface area contributed by atoms with Crippen molar-refractivity contribution in [2.24, 2.45) is 0 Å². The third-order valence-corrected chi connectivity index (χ3v) is 5.78. The van der Waals surface area contributed by atoms with Crippen molar-refractivity contribution < 1.29 is 22.7 Å². The number of piperazine rings is 1. The van der Waals surface area contributed by atoms with Crippen LogP contribution in [0.15, 0.2) is 29.2 Å². The number of sulfonamides is 1. The minimum atomic E-state index is -3.62. The van der Waals surface area contributed by atoms with Crippen molar-refractivity contribution >= 4 is 33.6 Å². The molecule has 2 amide bonds. The van der Waals surface area contributed by atoms with Gasteiger partial charge in [0.05, 0.1) is 18.0 Å². The number of carbonyl (C=O) groups excluding carboxylic acids is 2. The largest absolute Gasteiger partial charge is 0.450 e. The number of ether oxygens (including phenoxy) is 1. The molecule has 2 rings (SSSR count). The molecule has 0 bridgehead atoms. The Morgan fingerprint density at radius 2 is 1.92 bits per heavy atom. The Bertz CT molecular complexity index is 732. The maximum atomic E-state index is 12.6. The molecule has 10 heteroatoms. The Kier molecular flexibility index (Phi) is 6.77. The van der Waals surface area contributed by atoms with Gasteiger partial charge in [0.1, 0.15) is 0 Å². The number of benzene rings is 1. The Morgan fingerprint density at radius 3 is 2.52 bits per heavy atom. The normalized spacial score (nSPS) is 16.4. The van der Waals surface area contributed by atoms with Gasteiger partial charge in [-0.1, -0.05) is 17.7 Å². The van der Waals surface area contributed by atoms with Crippen molar-refractivity contribution in [2.45, 2.75) is 11.8 Å². The maximum absolute atomic E-state index is 12.6. The number of hydrogen-bond acceptors (Lipinski definition) is 6. The fourth-order valence-electron chi connectivity index (χ4n) is 2.43. The highest BCUT2D eigenvalue weighted by Crippen LogP contribution is 2.20. The molecule has 0 aromatic heterocycles. The fourth-order valence-corrected chi connectivity index (χ4v) is 4.15. The molecule has 0 radical (unpaired) electrons. The van der Waals surface area contributed by atoms with Crippen molar-refractivity contribution in [3.8, 4) is 0 Å². The summed E-state index contributed by atoms with van der Waals surface area (Å²) in [6, 6.07) is 6.11. The second kappa shape index (κ2) is 8.61. The van der Waals surface area contributed by atoms with Crippen LogP contribution in [0.4, 0.5) is 4.79 Å². The standard InChI is InChI=1S/C15H20ClN3O5S/c1-2-24-15(21)17-14(20)11-18-6-8-19(9-7-18)25(22,23)13-5-3-4-12(16)10-13/h3-5,10H,2,6-9,11H2,1H3,(H,17,20,21). The number of alkyl carbamates (subject to hydrolysis) is 1. The van der Waals surface area contributed by atoms with E-state index in [9.17, 15) is 18.0 Å². The van der Waals surface area contributed by atoms with Crippen LogP contribution < -0.4 is 5.32 Å². The number of nitrogens with zero attached hydrogens (tertiary/aromatic N) is 2. The molecule has 0 aliphatic carbocycles. The summed E-state index contributed by atoms with van der Waals surface area (Å²) >= 11 is 5.86. The lowest BCUT2D eigenvalue weighted by atomic mass is 10.3. The van der Waals surface area contributed by atoms with Crippen molar-refractivity contribution in [1.29, 1.82) is 0 Å². The zero-order valence-electron chi connectivity index (χ0n) is 13.8. The Balaban J connectivity index is 1.89. The van der Waals surface area contributed by atoms with Gasteiger partial charge < -0.3 is 4.74 Å². The first-order valence-corrected chi connectivity index (χ1v) is 9.59. The summed E-state index contributed by atoms with van der Waals surface area (Å²) in [5.74, 6) is -0.482. The molecule has 0 atom stereocenters. The summed E-state index contributed by atoms with van der Waals surface area (Å²) < 4.78 is 31.2. The highest BCUT2D eigenvalue weighted by Gasteiger charge is 2.29. The second-order valence-electron chi connectivity index (χ2n) is 5.41. The monoisotopic (exact) mass is 389 g/mol. The van der Waals surface area contributed by atoms with Gasteiger partial charge in [0.25, 0.3) is 0 Å². The van der Waals surface area contributed by atoms with E-state index < -0.39 is 22.0 Å². The van der Waals surface area contributed by atoms with Gasteiger partial charge in [-0.05, 0) is 25.1 Å². The highest BCUT2D eigenvalue weighted by atomic mass is 35.5. The summed E-state index contributed by atoms with van der Waals surface area (Å²) in [5.41, 5.74) is 0. The summed E-state index contributed by atoms with van der Waals surface area (Å²) in [5, 5.41) is 2.47. The molecule has 138 valence electrons. The number of hydrogen-bond donors (Lipinski definition) is 1. The molecule has 0 spiro atoms. The quantitative estimate of drug-likeness (QED) is 0.804. The molecule has 1 N–H and O–H groups in total. The molecule has 0 unspecified atom stereocenters. The zero-order valence-corrected chi connectivity index (χ0v) is 15.3. The summed E-state index contributed by atoms with van der Waals surface area (Å²) in [4.78, 5) is 24.8. The van der Waals surface area contributed by atoms with Gasteiger partial charge in [0.15, 0.2) is 0 Å². The molecule has 1 aromatic carbocycles. The van der Waals surface area contributed by atoms with E-state index >= 15 is 0 Å². The summed E-state index contributed by atoms with van der Waals surface area (Å²) in [7, 11) is -3.62. The Hall–Kier alpha value is -1.68. The molecule has 1 fully saturated rings. The van der Waals surface area contributed by atoms with Crippen LogP contribution in [0.25, 0.3) is 0 Å². The first kappa shape index (κ1) is 19.6. The molecule has 25 heavy (non-hydrogen) atoms. The first-order chi connectivity index (χ1) is 11.8. The van der Waals surface area contributed by atoms with E-state index in [4.69, 9.17) is 11.6 Å². The van der Waals surface area contributed by atoms with Gasteiger partial charge in [-0.3, -0.25) is 15.0 Å².